The van der Waals surface area contributed by atoms with Crippen LogP contribution >= 0.6 is 15.9 Å². The quantitative estimate of drug-likeness (QED) is 0.737. The Bertz CT molecular complexity index is 402. The maximum absolute atomic E-state index is 6.17. The minimum atomic E-state index is -0.197. The Labute approximate surface area is 131 Å². The molecule has 0 aliphatic rings. The highest BCUT2D eigenvalue weighted by atomic mass is 79.9. The molecule has 0 fully saturated rings. The van der Waals surface area contributed by atoms with E-state index in [1.165, 1.54) is 5.69 Å². The van der Waals surface area contributed by atoms with Crippen molar-refractivity contribution in [1.82, 2.24) is 15.1 Å². The Morgan fingerprint density at radius 3 is 2.45 bits per heavy atom. The topological polar surface area (TPSA) is 39.1 Å². The minimum Gasteiger partial charge on any atom is -0.373 e. The van der Waals surface area contributed by atoms with E-state index < -0.39 is 0 Å². The molecule has 0 aliphatic heterocycles. The average Bonchev–Trinajstić information content (AvgIpc) is 2.81. The molecular formula is C15H28BrN3O. The average molecular weight is 346 g/mol. The van der Waals surface area contributed by atoms with Gasteiger partial charge in [0.1, 0.15) is 0 Å². The summed E-state index contributed by atoms with van der Waals surface area (Å²) in [6.45, 7) is 10.3. The molecule has 1 aromatic rings. The van der Waals surface area contributed by atoms with Crippen molar-refractivity contribution >= 4 is 15.9 Å². The summed E-state index contributed by atoms with van der Waals surface area (Å²) < 4.78 is 9.31. The Morgan fingerprint density at radius 1 is 1.35 bits per heavy atom. The van der Waals surface area contributed by atoms with Gasteiger partial charge in [-0.1, -0.05) is 20.8 Å². The standard InChI is InChI=1S/C15H28BrN3O/c1-6-10-19-13(12(16)11-18-19)14(17-5)15(7-2,8-3)20-9-4/h11,14,17H,6-10H2,1-5H3. The summed E-state index contributed by atoms with van der Waals surface area (Å²) in [5.41, 5.74) is 0.990. The van der Waals surface area contributed by atoms with E-state index in [9.17, 15) is 0 Å². The number of hydrogen-bond donors (Lipinski definition) is 1. The van der Waals surface area contributed by atoms with E-state index in [2.05, 4.69) is 58.7 Å². The predicted molar refractivity (Wildman–Crippen MR) is 87.0 cm³/mol. The van der Waals surface area contributed by atoms with Crippen LogP contribution in [0.5, 0.6) is 0 Å². The molecule has 1 aromatic heterocycles. The van der Waals surface area contributed by atoms with Gasteiger partial charge in [-0.3, -0.25) is 4.68 Å². The number of aromatic nitrogens is 2. The zero-order valence-electron chi connectivity index (χ0n) is 13.4. The van der Waals surface area contributed by atoms with E-state index in [1.54, 1.807) is 0 Å². The maximum Gasteiger partial charge on any atom is 0.0886 e. The lowest BCUT2D eigenvalue weighted by atomic mass is 9.86. The van der Waals surface area contributed by atoms with Crippen LogP contribution in [0.3, 0.4) is 0 Å². The highest BCUT2D eigenvalue weighted by Gasteiger charge is 2.39. The highest BCUT2D eigenvalue weighted by Crippen LogP contribution is 2.38. The Morgan fingerprint density at radius 2 is 2.00 bits per heavy atom. The van der Waals surface area contributed by atoms with Crippen molar-refractivity contribution in [2.24, 2.45) is 0 Å². The van der Waals surface area contributed by atoms with Gasteiger partial charge in [0.25, 0.3) is 0 Å². The second kappa shape index (κ2) is 8.15. The Kier molecular flexibility index (Phi) is 7.20. The molecular weight excluding hydrogens is 318 g/mol. The number of likely N-dealkylation sites (N-methyl/N-ethyl adjacent to an activating group) is 1. The molecule has 5 heteroatoms. The van der Waals surface area contributed by atoms with Gasteiger partial charge in [-0.15, -0.1) is 0 Å². The molecule has 0 radical (unpaired) electrons. The zero-order chi connectivity index (χ0) is 15.2. The van der Waals surface area contributed by atoms with Crippen molar-refractivity contribution in [3.8, 4) is 0 Å². The van der Waals surface area contributed by atoms with Crippen LogP contribution < -0.4 is 5.32 Å². The van der Waals surface area contributed by atoms with Crippen LogP contribution in [0.25, 0.3) is 0 Å². The van der Waals surface area contributed by atoms with E-state index in [0.717, 1.165) is 36.9 Å². The fraction of sp³-hybridized carbons (Fsp3) is 0.800. The van der Waals surface area contributed by atoms with Crippen LogP contribution in [0.15, 0.2) is 10.7 Å². The highest BCUT2D eigenvalue weighted by molar-refractivity contribution is 9.10. The van der Waals surface area contributed by atoms with Crippen molar-refractivity contribution < 1.29 is 4.74 Å². The molecule has 1 N–H and O–H groups in total. The fourth-order valence-corrected chi connectivity index (χ4v) is 3.46. The third-order valence-corrected chi connectivity index (χ3v) is 4.60. The molecule has 1 heterocycles. The van der Waals surface area contributed by atoms with E-state index >= 15 is 0 Å². The summed E-state index contributed by atoms with van der Waals surface area (Å²) >= 11 is 3.65. The number of ether oxygens (including phenoxy) is 1. The van der Waals surface area contributed by atoms with Crippen molar-refractivity contribution in [1.29, 1.82) is 0 Å². The predicted octanol–water partition coefficient (Wildman–Crippen LogP) is 3.91. The second-order valence-electron chi connectivity index (χ2n) is 5.03. The monoisotopic (exact) mass is 345 g/mol. The fourth-order valence-electron chi connectivity index (χ4n) is 2.93. The molecule has 0 spiro atoms. The molecule has 0 aromatic carbocycles. The number of halogens is 1. The first kappa shape index (κ1) is 17.7. The van der Waals surface area contributed by atoms with E-state index in [-0.39, 0.29) is 11.6 Å². The lowest BCUT2D eigenvalue weighted by molar-refractivity contribution is -0.0737. The maximum atomic E-state index is 6.17. The largest absolute Gasteiger partial charge is 0.373 e. The summed E-state index contributed by atoms with van der Waals surface area (Å²) in [5.74, 6) is 0. The number of nitrogens with zero attached hydrogens (tertiary/aromatic N) is 2. The number of aryl methyl sites for hydroxylation is 1. The van der Waals surface area contributed by atoms with Crippen LogP contribution in [0.4, 0.5) is 0 Å². The molecule has 0 bridgehead atoms. The summed E-state index contributed by atoms with van der Waals surface area (Å²) in [7, 11) is 2.00. The normalized spacial score (nSPS) is 13.7. The van der Waals surface area contributed by atoms with Crippen molar-refractivity contribution in [2.75, 3.05) is 13.7 Å². The third kappa shape index (κ3) is 3.43. The molecule has 0 amide bonds. The molecule has 20 heavy (non-hydrogen) atoms. The van der Waals surface area contributed by atoms with Gasteiger partial charge in [-0.25, -0.2) is 0 Å². The number of hydrogen-bond acceptors (Lipinski definition) is 3. The van der Waals surface area contributed by atoms with Crippen molar-refractivity contribution in [2.45, 2.75) is 65.1 Å². The molecule has 4 nitrogen and oxygen atoms in total. The lowest BCUT2D eigenvalue weighted by Crippen LogP contribution is -2.45. The first-order valence-electron chi connectivity index (χ1n) is 7.62. The van der Waals surface area contributed by atoms with Gasteiger partial charge in [0.2, 0.25) is 0 Å². The molecule has 0 saturated heterocycles. The SMILES string of the molecule is CCCn1ncc(Br)c1C(NC)C(CC)(CC)OCC. The first-order valence-corrected chi connectivity index (χ1v) is 8.41. The van der Waals surface area contributed by atoms with Crippen LogP contribution in [-0.4, -0.2) is 29.0 Å². The Balaban J connectivity index is 3.25. The molecule has 116 valence electrons. The van der Waals surface area contributed by atoms with Crippen LogP contribution in [0, 0.1) is 0 Å². The minimum absolute atomic E-state index is 0.126. The molecule has 1 rings (SSSR count). The lowest BCUT2D eigenvalue weighted by Gasteiger charge is -2.39. The Hall–Kier alpha value is -0.390. The molecule has 0 aliphatic carbocycles. The van der Waals surface area contributed by atoms with E-state index in [4.69, 9.17) is 4.74 Å². The van der Waals surface area contributed by atoms with Gasteiger partial charge in [0, 0.05) is 13.2 Å². The van der Waals surface area contributed by atoms with Gasteiger partial charge in [-0.05, 0) is 49.2 Å². The summed E-state index contributed by atoms with van der Waals surface area (Å²) in [4.78, 5) is 0. The zero-order valence-corrected chi connectivity index (χ0v) is 15.0. The summed E-state index contributed by atoms with van der Waals surface area (Å²) in [6.07, 6.45) is 4.88. The molecule has 0 saturated carbocycles. The number of rotatable bonds is 9. The van der Waals surface area contributed by atoms with Gasteiger partial charge in [0.15, 0.2) is 0 Å². The van der Waals surface area contributed by atoms with Gasteiger partial charge in [-0.2, -0.15) is 5.10 Å². The summed E-state index contributed by atoms with van der Waals surface area (Å²) in [5, 5.41) is 7.95. The smallest absolute Gasteiger partial charge is 0.0886 e. The molecule has 1 atom stereocenters. The van der Waals surface area contributed by atoms with Crippen LogP contribution in [0.1, 0.15) is 58.7 Å². The van der Waals surface area contributed by atoms with E-state index in [0.29, 0.717) is 0 Å². The summed E-state index contributed by atoms with van der Waals surface area (Å²) in [6, 6.07) is 0.126. The van der Waals surface area contributed by atoms with Crippen molar-refractivity contribution in [3.05, 3.63) is 16.4 Å². The van der Waals surface area contributed by atoms with Gasteiger partial charge in [0.05, 0.1) is 28.0 Å². The first-order chi connectivity index (χ1) is 9.60. The van der Waals surface area contributed by atoms with E-state index in [1.807, 2.05) is 13.2 Å². The second-order valence-corrected chi connectivity index (χ2v) is 5.88. The number of nitrogens with one attached hydrogen (secondary N) is 1. The molecule has 1 unspecified atom stereocenters. The van der Waals surface area contributed by atoms with Gasteiger partial charge < -0.3 is 10.1 Å². The van der Waals surface area contributed by atoms with Crippen LogP contribution in [-0.2, 0) is 11.3 Å². The third-order valence-electron chi connectivity index (χ3n) is 3.99. The van der Waals surface area contributed by atoms with Crippen LogP contribution in [0.2, 0.25) is 0 Å². The van der Waals surface area contributed by atoms with Gasteiger partial charge >= 0.3 is 0 Å². The van der Waals surface area contributed by atoms with Crippen molar-refractivity contribution in [3.63, 3.8) is 0 Å².